The second kappa shape index (κ2) is 33.1. The van der Waals surface area contributed by atoms with Crippen LogP contribution in [0.4, 0.5) is 0 Å². The Kier molecular flexibility index (Phi) is 31.7. The average Bonchev–Trinajstić information content (AvgIpc) is 3.07. The second-order valence-electron chi connectivity index (χ2n) is 12.8. The van der Waals surface area contributed by atoms with Crippen LogP contribution in [0.3, 0.4) is 0 Å². The number of carbonyl (C=O) groups is 3. The predicted octanol–water partition coefficient (Wildman–Crippen LogP) is 8.72. The van der Waals surface area contributed by atoms with E-state index in [1.54, 1.807) is 0 Å². The number of allylic oxidation sites excluding steroid dienone is 4. The van der Waals surface area contributed by atoms with Crippen LogP contribution < -0.4 is 5.32 Å². The third-order valence-corrected chi connectivity index (χ3v) is 8.94. The fraction of sp³-hybridized carbons (Fsp3) is 0.811. The smallest absolute Gasteiger partial charge is 0.472 e. The molecule has 0 aromatic carbocycles. The zero-order valence-corrected chi connectivity index (χ0v) is 31.4. The lowest BCUT2D eigenvalue weighted by Crippen LogP contribution is -2.43. The summed E-state index contributed by atoms with van der Waals surface area (Å²) in [5, 5.41) is 21.6. The third-order valence-electron chi connectivity index (χ3n) is 7.99. The number of carbonyl (C=O) groups excluding carboxylic acids is 2. The van der Waals surface area contributed by atoms with Gasteiger partial charge in [0.05, 0.1) is 13.2 Å². The first-order valence-corrected chi connectivity index (χ1v) is 20.4. The summed E-state index contributed by atoms with van der Waals surface area (Å²) in [6.45, 7) is 2.45. The number of unbranched alkanes of at least 4 members (excludes halogenated alkanes) is 17. The Morgan fingerprint density at radius 2 is 1.12 bits per heavy atom. The molecule has 4 N–H and O–H groups in total. The topological polar surface area (TPSA) is 169 Å². The quantitative estimate of drug-likeness (QED) is 0.0215. The van der Waals surface area contributed by atoms with Gasteiger partial charge in [-0.15, -0.1) is 0 Å². The van der Waals surface area contributed by atoms with E-state index in [-0.39, 0.29) is 12.8 Å². The Morgan fingerprint density at radius 1 is 0.653 bits per heavy atom. The first-order valence-electron chi connectivity index (χ1n) is 18.9. The SMILES string of the molecule is CCCCC/C=C\C/C=C\CCCCCCCCCCCC(=O)OCC(O)COP(=O)(O)OCC(NC(=O)CCCCCCCC)C(=O)O. The molecule has 0 saturated carbocycles. The van der Waals surface area contributed by atoms with Crippen LogP contribution in [0.15, 0.2) is 24.3 Å². The van der Waals surface area contributed by atoms with E-state index in [1.165, 1.54) is 57.8 Å². The Balaban J connectivity index is 3.85. The van der Waals surface area contributed by atoms with E-state index in [1.807, 2.05) is 0 Å². The molecule has 49 heavy (non-hydrogen) atoms. The molecule has 0 aliphatic heterocycles. The van der Waals surface area contributed by atoms with Crippen LogP contribution in [0.25, 0.3) is 0 Å². The number of aliphatic hydroxyl groups excluding tert-OH is 1. The van der Waals surface area contributed by atoms with E-state index in [0.717, 1.165) is 64.2 Å². The maximum absolute atomic E-state index is 12.1. The first-order chi connectivity index (χ1) is 23.6. The van der Waals surface area contributed by atoms with Crippen molar-refractivity contribution >= 4 is 25.7 Å². The van der Waals surface area contributed by atoms with Crippen molar-refractivity contribution in [1.82, 2.24) is 5.32 Å². The van der Waals surface area contributed by atoms with Crippen LogP contribution in [0.5, 0.6) is 0 Å². The van der Waals surface area contributed by atoms with Crippen LogP contribution in [0.1, 0.15) is 162 Å². The first kappa shape index (κ1) is 47.0. The number of nitrogens with one attached hydrogen (secondary N) is 1. The van der Waals surface area contributed by atoms with Gasteiger partial charge in [0.15, 0.2) is 6.04 Å². The number of amides is 1. The van der Waals surface area contributed by atoms with Gasteiger partial charge in [-0.05, 0) is 44.9 Å². The highest BCUT2D eigenvalue weighted by Crippen LogP contribution is 2.43. The largest absolute Gasteiger partial charge is 0.480 e. The summed E-state index contributed by atoms with van der Waals surface area (Å²) < 4.78 is 26.6. The zero-order valence-electron chi connectivity index (χ0n) is 30.5. The van der Waals surface area contributed by atoms with Crippen molar-refractivity contribution in [3.63, 3.8) is 0 Å². The maximum Gasteiger partial charge on any atom is 0.472 e. The van der Waals surface area contributed by atoms with E-state index >= 15 is 0 Å². The van der Waals surface area contributed by atoms with Gasteiger partial charge in [-0.3, -0.25) is 18.6 Å². The Labute approximate surface area is 296 Å². The minimum absolute atomic E-state index is 0.144. The Hall–Kier alpha value is -2.04. The van der Waals surface area contributed by atoms with Crippen molar-refractivity contribution < 1.29 is 47.8 Å². The number of aliphatic hydroxyl groups is 1. The molecule has 0 heterocycles. The third kappa shape index (κ3) is 32.9. The summed E-state index contributed by atoms with van der Waals surface area (Å²) in [7, 11) is -4.74. The van der Waals surface area contributed by atoms with Crippen molar-refractivity contribution in [1.29, 1.82) is 0 Å². The zero-order chi connectivity index (χ0) is 36.4. The Morgan fingerprint density at radius 3 is 1.69 bits per heavy atom. The molecule has 286 valence electrons. The molecule has 1 amide bonds. The molecule has 3 atom stereocenters. The molecule has 0 aromatic heterocycles. The van der Waals surface area contributed by atoms with Crippen LogP contribution in [0, 0.1) is 0 Å². The van der Waals surface area contributed by atoms with Gasteiger partial charge in [-0.2, -0.15) is 0 Å². The monoisotopic (exact) mass is 717 g/mol. The minimum Gasteiger partial charge on any atom is -0.480 e. The van der Waals surface area contributed by atoms with Crippen LogP contribution >= 0.6 is 7.82 Å². The number of aliphatic carboxylic acids is 1. The van der Waals surface area contributed by atoms with Gasteiger partial charge in [-0.1, -0.05) is 128 Å². The number of rotatable bonds is 35. The normalized spacial score (nSPS) is 14.2. The summed E-state index contributed by atoms with van der Waals surface area (Å²) >= 11 is 0. The fourth-order valence-corrected chi connectivity index (χ4v) is 5.76. The van der Waals surface area contributed by atoms with E-state index in [0.29, 0.717) is 12.8 Å². The van der Waals surface area contributed by atoms with Crippen LogP contribution in [-0.4, -0.2) is 64.9 Å². The van der Waals surface area contributed by atoms with Gasteiger partial charge in [0.25, 0.3) is 0 Å². The standard InChI is InChI=1S/C37H68NO10P/c1-3-5-7-9-11-12-13-14-15-16-17-18-19-20-21-22-23-25-27-29-36(41)46-30-33(39)31-47-49(44,45)48-32-34(37(42)43)38-35(40)28-26-24-10-8-6-4-2/h11-12,14-15,33-34,39H,3-10,13,16-32H2,1-2H3,(H,38,40)(H,42,43)(H,44,45)/b12-11-,15-14-. The number of esters is 1. The summed E-state index contributed by atoms with van der Waals surface area (Å²) in [5.74, 6) is -2.39. The van der Waals surface area contributed by atoms with E-state index in [2.05, 4.69) is 43.5 Å². The van der Waals surface area contributed by atoms with Gasteiger partial charge in [0.2, 0.25) is 5.91 Å². The number of phosphoric acid groups is 1. The van der Waals surface area contributed by atoms with E-state index in [9.17, 15) is 34.1 Å². The van der Waals surface area contributed by atoms with Crippen molar-refractivity contribution in [2.75, 3.05) is 19.8 Å². The number of carboxylic acids is 1. The molecule has 0 bridgehead atoms. The molecule has 0 radical (unpaired) electrons. The average molecular weight is 718 g/mol. The number of ether oxygens (including phenoxy) is 1. The molecular formula is C37H68NO10P. The molecule has 0 saturated heterocycles. The highest BCUT2D eigenvalue weighted by atomic mass is 31.2. The van der Waals surface area contributed by atoms with E-state index in [4.69, 9.17) is 13.8 Å². The summed E-state index contributed by atoms with van der Waals surface area (Å²) in [6.07, 6.45) is 31.1. The maximum atomic E-state index is 12.1. The fourth-order valence-electron chi connectivity index (χ4n) is 4.99. The summed E-state index contributed by atoms with van der Waals surface area (Å²) in [6, 6.07) is -1.54. The van der Waals surface area contributed by atoms with Crippen LogP contribution in [-0.2, 0) is 32.7 Å². The van der Waals surface area contributed by atoms with Crippen LogP contribution in [0.2, 0.25) is 0 Å². The molecule has 0 aromatic rings. The molecule has 12 heteroatoms. The van der Waals surface area contributed by atoms with Gasteiger partial charge in [0.1, 0.15) is 12.7 Å². The number of hydrogen-bond acceptors (Lipinski definition) is 8. The predicted molar refractivity (Wildman–Crippen MR) is 194 cm³/mol. The van der Waals surface area contributed by atoms with Crippen molar-refractivity contribution in [2.24, 2.45) is 0 Å². The highest BCUT2D eigenvalue weighted by molar-refractivity contribution is 7.47. The van der Waals surface area contributed by atoms with Crippen molar-refractivity contribution in [2.45, 2.75) is 174 Å². The van der Waals surface area contributed by atoms with Gasteiger partial charge in [-0.25, -0.2) is 9.36 Å². The molecule has 0 aliphatic carbocycles. The lowest BCUT2D eigenvalue weighted by atomic mass is 10.1. The second-order valence-corrected chi connectivity index (χ2v) is 14.2. The lowest BCUT2D eigenvalue weighted by Gasteiger charge is -2.18. The Bertz CT molecular complexity index is 942. The molecule has 0 spiro atoms. The molecule has 0 aliphatic rings. The van der Waals surface area contributed by atoms with Crippen molar-refractivity contribution in [3.8, 4) is 0 Å². The molecular weight excluding hydrogens is 649 g/mol. The minimum atomic E-state index is -4.74. The van der Waals surface area contributed by atoms with Gasteiger partial charge in [0, 0.05) is 12.8 Å². The van der Waals surface area contributed by atoms with E-state index < -0.39 is 57.6 Å². The molecule has 11 nitrogen and oxygen atoms in total. The summed E-state index contributed by atoms with van der Waals surface area (Å²) in [5.41, 5.74) is 0. The van der Waals surface area contributed by atoms with Gasteiger partial charge < -0.3 is 25.2 Å². The lowest BCUT2D eigenvalue weighted by molar-refractivity contribution is -0.147. The number of carboxylic acid groups (broad SMARTS) is 1. The highest BCUT2D eigenvalue weighted by Gasteiger charge is 2.28. The van der Waals surface area contributed by atoms with Gasteiger partial charge >= 0.3 is 19.8 Å². The molecule has 0 rings (SSSR count). The number of hydrogen-bond donors (Lipinski definition) is 4. The summed E-state index contributed by atoms with van der Waals surface area (Å²) in [4.78, 5) is 45.4. The van der Waals surface area contributed by atoms with Crippen molar-refractivity contribution in [3.05, 3.63) is 24.3 Å². The number of phosphoric ester groups is 1. The molecule has 3 unspecified atom stereocenters. The molecule has 0 fully saturated rings.